The van der Waals surface area contributed by atoms with Crippen LogP contribution in [0.3, 0.4) is 0 Å². The lowest BCUT2D eigenvalue weighted by molar-refractivity contribution is -0.138. The van der Waals surface area contributed by atoms with Crippen molar-refractivity contribution in [1.29, 1.82) is 0 Å². The molecule has 1 aliphatic rings. The molecule has 0 aliphatic carbocycles. The molecule has 0 saturated carbocycles. The summed E-state index contributed by atoms with van der Waals surface area (Å²) in [5.74, 6) is 1.14. The SMILES string of the molecule is CC(C)(CC(=O)O)NC(=O)C1CCCSC1. The highest BCUT2D eigenvalue weighted by Crippen LogP contribution is 2.23. The van der Waals surface area contributed by atoms with E-state index in [-0.39, 0.29) is 18.2 Å². The smallest absolute Gasteiger partial charge is 0.305 e. The molecular formula is C11H19NO3S. The third-order valence-electron chi connectivity index (χ3n) is 2.59. The summed E-state index contributed by atoms with van der Waals surface area (Å²) >= 11 is 1.79. The van der Waals surface area contributed by atoms with Gasteiger partial charge in [-0.25, -0.2) is 0 Å². The number of carboxylic acid groups (broad SMARTS) is 1. The number of amides is 1. The van der Waals surface area contributed by atoms with Crippen LogP contribution in [0.2, 0.25) is 0 Å². The molecule has 16 heavy (non-hydrogen) atoms. The monoisotopic (exact) mass is 245 g/mol. The molecule has 0 aromatic heterocycles. The van der Waals surface area contributed by atoms with Crippen molar-refractivity contribution in [1.82, 2.24) is 5.32 Å². The standard InChI is InChI=1S/C11H19NO3S/c1-11(2,6-9(13)14)12-10(15)8-4-3-5-16-7-8/h8H,3-7H2,1-2H3,(H,12,15)(H,13,14). The summed E-state index contributed by atoms with van der Waals surface area (Å²) in [6, 6.07) is 0. The summed E-state index contributed by atoms with van der Waals surface area (Å²) in [4.78, 5) is 22.5. The van der Waals surface area contributed by atoms with E-state index in [9.17, 15) is 9.59 Å². The fraction of sp³-hybridized carbons (Fsp3) is 0.818. The molecule has 1 amide bonds. The summed E-state index contributed by atoms with van der Waals surface area (Å²) in [7, 11) is 0. The molecule has 1 unspecified atom stereocenters. The Kier molecular flexibility index (Phi) is 4.65. The Balaban J connectivity index is 2.45. The predicted molar refractivity (Wildman–Crippen MR) is 64.5 cm³/mol. The minimum Gasteiger partial charge on any atom is -0.481 e. The second-order valence-corrected chi connectivity index (χ2v) is 6.01. The number of aliphatic carboxylic acids is 1. The van der Waals surface area contributed by atoms with Crippen LogP contribution in [-0.2, 0) is 9.59 Å². The van der Waals surface area contributed by atoms with E-state index in [1.165, 1.54) is 0 Å². The fourth-order valence-electron chi connectivity index (χ4n) is 1.81. The van der Waals surface area contributed by atoms with Crippen molar-refractivity contribution in [2.75, 3.05) is 11.5 Å². The molecule has 5 heteroatoms. The topological polar surface area (TPSA) is 66.4 Å². The van der Waals surface area contributed by atoms with Gasteiger partial charge in [0.15, 0.2) is 0 Å². The molecule has 0 radical (unpaired) electrons. The molecule has 1 saturated heterocycles. The van der Waals surface area contributed by atoms with Gasteiger partial charge in [-0.3, -0.25) is 9.59 Å². The number of carbonyl (C=O) groups excluding carboxylic acids is 1. The van der Waals surface area contributed by atoms with Crippen molar-refractivity contribution >= 4 is 23.6 Å². The Morgan fingerprint density at radius 3 is 2.69 bits per heavy atom. The minimum atomic E-state index is -0.886. The zero-order valence-corrected chi connectivity index (χ0v) is 10.6. The largest absolute Gasteiger partial charge is 0.481 e. The van der Waals surface area contributed by atoms with Gasteiger partial charge in [-0.15, -0.1) is 0 Å². The van der Waals surface area contributed by atoms with Gasteiger partial charge in [0, 0.05) is 17.2 Å². The van der Waals surface area contributed by atoms with Gasteiger partial charge in [-0.05, 0) is 32.4 Å². The Morgan fingerprint density at radius 1 is 1.50 bits per heavy atom. The molecule has 0 spiro atoms. The molecule has 1 heterocycles. The summed E-state index contributed by atoms with van der Waals surface area (Å²) in [5.41, 5.74) is -0.662. The average Bonchev–Trinajstić information content (AvgIpc) is 2.16. The van der Waals surface area contributed by atoms with Crippen LogP contribution in [0.5, 0.6) is 0 Å². The van der Waals surface area contributed by atoms with Crippen LogP contribution in [0.1, 0.15) is 33.1 Å². The Morgan fingerprint density at radius 2 is 2.19 bits per heavy atom. The first-order valence-electron chi connectivity index (χ1n) is 5.52. The van der Waals surface area contributed by atoms with Crippen molar-refractivity contribution in [3.05, 3.63) is 0 Å². The van der Waals surface area contributed by atoms with Gasteiger partial charge in [0.2, 0.25) is 5.91 Å². The molecule has 0 aromatic rings. The Hall–Kier alpha value is -0.710. The summed E-state index contributed by atoms with van der Waals surface area (Å²) in [6.45, 7) is 3.49. The van der Waals surface area contributed by atoms with E-state index in [4.69, 9.17) is 5.11 Å². The second kappa shape index (κ2) is 5.57. The summed E-state index contributed by atoms with van der Waals surface area (Å²) < 4.78 is 0. The van der Waals surface area contributed by atoms with E-state index >= 15 is 0 Å². The van der Waals surface area contributed by atoms with E-state index in [0.717, 1.165) is 24.3 Å². The normalized spacial score (nSPS) is 21.5. The number of thioether (sulfide) groups is 1. The molecule has 1 atom stereocenters. The third-order valence-corrected chi connectivity index (χ3v) is 3.80. The molecule has 92 valence electrons. The van der Waals surface area contributed by atoms with Crippen molar-refractivity contribution in [2.45, 2.75) is 38.6 Å². The van der Waals surface area contributed by atoms with Crippen molar-refractivity contribution in [3.63, 3.8) is 0 Å². The van der Waals surface area contributed by atoms with E-state index in [1.54, 1.807) is 25.6 Å². The van der Waals surface area contributed by atoms with Crippen LogP contribution in [-0.4, -0.2) is 34.0 Å². The molecular weight excluding hydrogens is 226 g/mol. The zero-order chi connectivity index (χ0) is 12.2. The highest BCUT2D eigenvalue weighted by Gasteiger charge is 2.28. The van der Waals surface area contributed by atoms with E-state index in [2.05, 4.69) is 5.32 Å². The van der Waals surface area contributed by atoms with Gasteiger partial charge in [0.1, 0.15) is 0 Å². The van der Waals surface area contributed by atoms with Gasteiger partial charge < -0.3 is 10.4 Å². The lowest BCUT2D eigenvalue weighted by Gasteiger charge is -2.28. The van der Waals surface area contributed by atoms with Crippen molar-refractivity contribution < 1.29 is 14.7 Å². The van der Waals surface area contributed by atoms with Crippen molar-refractivity contribution in [3.8, 4) is 0 Å². The number of nitrogens with one attached hydrogen (secondary N) is 1. The molecule has 4 nitrogen and oxygen atoms in total. The van der Waals surface area contributed by atoms with E-state index in [0.29, 0.717) is 0 Å². The quantitative estimate of drug-likeness (QED) is 0.787. The lowest BCUT2D eigenvalue weighted by atomic mass is 9.97. The molecule has 1 aliphatic heterocycles. The molecule has 2 N–H and O–H groups in total. The van der Waals surface area contributed by atoms with Gasteiger partial charge >= 0.3 is 5.97 Å². The maximum atomic E-state index is 11.9. The molecule has 1 fully saturated rings. The molecule has 0 bridgehead atoms. The number of carbonyl (C=O) groups is 2. The number of rotatable bonds is 4. The van der Waals surface area contributed by atoms with Crippen LogP contribution in [0.4, 0.5) is 0 Å². The Labute approximate surface area is 100 Å². The summed E-state index contributed by atoms with van der Waals surface area (Å²) in [5, 5.41) is 11.5. The minimum absolute atomic E-state index is 0.00144. The maximum absolute atomic E-state index is 11.9. The van der Waals surface area contributed by atoms with Gasteiger partial charge in [-0.2, -0.15) is 11.8 Å². The number of hydrogen-bond donors (Lipinski definition) is 2. The van der Waals surface area contributed by atoms with E-state index in [1.807, 2.05) is 0 Å². The first kappa shape index (κ1) is 13.4. The van der Waals surface area contributed by atoms with Gasteiger partial charge in [-0.1, -0.05) is 0 Å². The maximum Gasteiger partial charge on any atom is 0.305 e. The molecule has 0 aromatic carbocycles. The fourth-order valence-corrected chi connectivity index (χ4v) is 2.95. The van der Waals surface area contributed by atoms with Crippen LogP contribution < -0.4 is 5.32 Å². The summed E-state index contributed by atoms with van der Waals surface area (Å²) in [6.07, 6.45) is 1.95. The van der Waals surface area contributed by atoms with Crippen LogP contribution in [0.25, 0.3) is 0 Å². The van der Waals surface area contributed by atoms with Gasteiger partial charge in [0.25, 0.3) is 0 Å². The zero-order valence-electron chi connectivity index (χ0n) is 9.78. The molecule has 1 rings (SSSR count). The lowest BCUT2D eigenvalue weighted by Crippen LogP contribution is -2.48. The van der Waals surface area contributed by atoms with Crippen molar-refractivity contribution in [2.24, 2.45) is 5.92 Å². The van der Waals surface area contributed by atoms with Gasteiger partial charge in [0.05, 0.1) is 6.42 Å². The van der Waals surface area contributed by atoms with Crippen LogP contribution in [0, 0.1) is 5.92 Å². The highest BCUT2D eigenvalue weighted by molar-refractivity contribution is 7.99. The van der Waals surface area contributed by atoms with Crippen LogP contribution in [0.15, 0.2) is 0 Å². The van der Waals surface area contributed by atoms with Crippen LogP contribution >= 0.6 is 11.8 Å². The predicted octanol–water partition coefficient (Wildman–Crippen LogP) is 1.50. The highest BCUT2D eigenvalue weighted by atomic mass is 32.2. The number of carboxylic acids is 1. The first-order chi connectivity index (χ1) is 7.41. The second-order valence-electron chi connectivity index (χ2n) is 4.86. The number of hydrogen-bond acceptors (Lipinski definition) is 3. The Bertz CT molecular complexity index is 272. The third kappa shape index (κ3) is 4.43. The van der Waals surface area contributed by atoms with E-state index < -0.39 is 11.5 Å². The average molecular weight is 245 g/mol. The first-order valence-corrected chi connectivity index (χ1v) is 6.68.